The minimum absolute atomic E-state index is 0.485. The van der Waals surface area contributed by atoms with Crippen LogP contribution in [0, 0.1) is 0 Å². The maximum Gasteiger partial charge on any atom is 0.214 e. The molecule has 2 heterocycles. The fourth-order valence-corrected chi connectivity index (χ4v) is 3.42. The summed E-state index contributed by atoms with van der Waals surface area (Å²) in [5.74, 6) is 1.77. The number of benzene rings is 2. The summed E-state index contributed by atoms with van der Waals surface area (Å²) in [7, 11) is 0. The molecule has 0 radical (unpaired) electrons. The van der Waals surface area contributed by atoms with Gasteiger partial charge in [-0.25, -0.2) is 0 Å². The van der Waals surface area contributed by atoms with Gasteiger partial charge in [0.2, 0.25) is 5.16 Å². The molecular weight excluding hydrogens is 360 g/mol. The summed E-state index contributed by atoms with van der Waals surface area (Å²) in [6, 6.07) is 18.1. The average molecular weight is 378 g/mol. The van der Waals surface area contributed by atoms with Crippen molar-refractivity contribution in [3.63, 3.8) is 0 Å². The maximum atomic E-state index is 4.14. The van der Waals surface area contributed by atoms with E-state index in [0.717, 1.165) is 17.2 Å². The lowest BCUT2D eigenvalue weighted by Crippen LogP contribution is -2.03. The minimum atomic E-state index is 0.485. The topological polar surface area (TPSA) is 87.2 Å². The van der Waals surface area contributed by atoms with Crippen molar-refractivity contribution in [2.24, 2.45) is 0 Å². The van der Waals surface area contributed by atoms with Crippen molar-refractivity contribution in [1.29, 1.82) is 0 Å². The van der Waals surface area contributed by atoms with Crippen LogP contribution in [-0.4, -0.2) is 40.4 Å². The number of thioether (sulfide) groups is 1. The molecule has 0 spiro atoms. The number of rotatable bonds is 6. The second-order valence-corrected chi connectivity index (χ2v) is 7.19. The van der Waals surface area contributed by atoms with E-state index in [0.29, 0.717) is 16.8 Å². The zero-order chi connectivity index (χ0) is 18.6. The van der Waals surface area contributed by atoms with E-state index in [-0.39, 0.29) is 0 Å². The molecule has 0 unspecified atom stereocenters. The van der Waals surface area contributed by atoms with Crippen LogP contribution < -0.4 is 0 Å². The quantitative estimate of drug-likeness (QED) is 0.477. The molecule has 0 saturated heterocycles. The lowest BCUT2D eigenvalue weighted by Gasteiger charge is -2.08. The number of tetrazole rings is 2. The van der Waals surface area contributed by atoms with Crippen LogP contribution in [0.4, 0.5) is 0 Å². The van der Waals surface area contributed by atoms with E-state index in [1.54, 1.807) is 9.36 Å². The van der Waals surface area contributed by atoms with Crippen LogP contribution in [0.5, 0.6) is 0 Å². The zero-order valence-corrected chi connectivity index (χ0v) is 15.8. The molecule has 0 amide bonds. The van der Waals surface area contributed by atoms with Crippen LogP contribution in [0.1, 0.15) is 31.2 Å². The Kier molecular flexibility index (Phi) is 4.93. The standard InChI is InChI=1S/C18H18N8S/c1-13(2)14-8-10-16(11-9-14)26-18(20-22-24-26)27-12-17-19-21-23-25(17)15-6-4-3-5-7-15/h3-11,13H,12H2,1-2H3. The Morgan fingerprint density at radius 2 is 1.48 bits per heavy atom. The van der Waals surface area contributed by atoms with Gasteiger partial charge in [0.25, 0.3) is 0 Å². The van der Waals surface area contributed by atoms with Crippen molar-refractivity contribution < 1.29 is 0 Å². The number of aromatic nitrogens is 8. The monoisotopic (exact) mass is 378 g/mol. The Labute approximate surface area is 160 Å². The Balaban J connectivity index is 1.53. The molecule has 0 saturated carbocycles. The Morgan fingerprint density at radius 3 is 2.22 bits per heavy atom. The molecule has 9 heteroatoms. The lowest BCUT2D eigenvalue weighted by molar-refractivity contribution is 0.753. The molecule has 0 bridgehead atoms. The van der Waals surface area contributed by atoms with E-state index in [2.05, 4.69) is 57.0 Å². The van der Waals surface area contributed by atoms with E-state index >= 15 is 0 Å². The Hall–Kier alpha value is -3.07. The summed E-state index contributed by atoms with van der Waals surface area (Å²) in [6.07, 6.45) is 0. The van der Waals surface area contributed by atoms with E-state index < -0.39 is 0 Å². The van der Waals surface area contributed by atoms with Gasteiger partial charge in [-0.15, -0.1) is 10.2 Å². The van der Waals surface area contributed by atoms with Crippen LogP contribution in [0.2, 0.25) is 0 Å². The highest BCUT2D eigenvalue weighted by Gasteiger charge is 2.13. The maximum absolute atomic E-state index is 4.14. The van der Waals surface area contributed by atoms with Gasteiger partial charge in [-0.2, -0.15) is 9.36 Å². The largest absolute Gasteiger partial charge is 0.214 e. The Bertz CT molecular complexity index is 1010. The Morgan fingerprint density at radius 1 is 0.815 bits per heavy atom. The highest BCUT2D eigenvalue weighted by Crippen LogP contribution is 2.23. The molecule has 136 valence electrons. The van der Waals surface area contributed by atoms with Gasteiger partial charge in [-0.1, -0.05) is 55.9 Å². The summed E-state index contributed by atoms with van der Waals surface area (Å²) in [5, 5.41) is 24.8. The van der Waals surface area contributed by atoms with E-state index in [9.17, 15) is 0 Å². The van der Waals surface area contributed by atoms with Crippen molar-refractivity contribution in [2.45, 2.75) is 30.7 Å². The summed E-state index contributed by atoms with van der Waals surface area (Å²) >= 11 is 1.49. The van der Waals surface area contributed by atoms with Crippen molar-refractivity contribution >= 4 is 11.8 Å². The fraction of sp³-hybridized carbons (Fsp3) is 0.222. The van der Waals surface area contributed by atoms with Gasteiger partial charge >= 0.3 is 0 Å². The second kappa shape index (κ2) is 7.67. The number of nitrogens with zero attached hydrogens (tertiary/aromatic N) is 8. The van der Waals surface area contributed by atoms with Crippen LogP contribution in [0.3, 0.4) is 0 Å². The highest BCUT2D eigenvalue weighted by atomic mass is 32.2. The van der Waals surface area contributed by atoms with E-state index in [4.69, 9.17) is 0 Å². The van der Waals surface area contributed by atoms with Crippen molar-refractivity contribution in [3.05, 3.63) is 66.0 Å². The predicted octanol–water partition coefficient (Wildman–Crippen LogP) is 3.05. The molecular formula is C18H18N8S. The molecule has 4 aromatic rings. The third-order valence-corrected chi connectivity index (χ3v) is 5.03. The van der Waals surface area contributed by atoms with Crippen molar-refractivity contribution in [2.75, 3.05) is 0 Å². The minimum Gasteiger partial charge on any atom is -0.196 e. The lowest BCUT2D eigenvalue weighted by atomic mass is 10.0. The van der Waals surface area contributed by atoms with Gasteiger partial charge in [-0.3, -0.25) is 0 Å². The molecule has 8 nitrogen and oxygen atoms in total. The average Bonchev–Trinajstić information content (AvgIpc) is 3.36. The summed E-state index contributed by atoms with van der Waals surface area (Å²) < 4.78 is 3.45. The highest BCUT2D eigenvalue weighted by molar-refractivity contribution is 7.98. The van der Waals surface area contributed by atoms with Crippen LogP contribution in [0.15, 0.2) is 59.8 Å². The van der Waals surface area contributed by atoms with Crippen LogP contribution >= 0.6 is 11.8 Å². The molecule has 0 fully saturated rings. The van der Waals surface area contributed by atoms with Crippen LogP contribution in [-0.2, 0) is 5.75 Å². The number of hydrogen-bond acceptors (Lipinski definition) is 7. The molecule has 0 aliphatic heterocycles. The third kappa shape index (κ3) is 3.72. The molecule has 27 heavy (non-hydrogen) atoms. The first-order valence-corrected chi connectivity index (χ1v) is 9.55. The SMILES string of the molecule is CC(C)c1ccc(-n2nnnc2SCc2nnnn2-c2ccccc2)cc1. The fourth-order valence-electron chi connectivity index (χ4n) is 2.63. The van der Waals surface area contributed by atoms with Gasteiger partial charge in [-0.05, 0) is 56.6 Å². The summed E-state index contributed by atoms with van der Waals surface area (Å²) in [4.78, 5) is 0. The van der Waals surface area contributed by atoms with E-state index in [1.807, 2.05) is 42.5 Å². The van der Waals surface area contributed by atoms with Crippen molar-refractivity contribution in [1.82, 2.24) is 40.4 Å². The first-order chi connectivity index (χ1) is 13.2. The molecule has 4 rings (SSSR count). The predicted molar refractivity (Wildman–Crippen MR) is 102 cm³/mol. The van der Waals surface area contributed by atoms with Crippen LogP contribution in [0.25, 0.3) is 11.4 Å². The molecule has 0 aliphatic carbocycles. The van der Waals surface area contributed by atoms with Gasteiger partial charge in [0.05, 0.1) is 17.1 Å². The molecule has 0 atom stereocenters. The zero-order valence-electron chi connectivity index (χ0n) is 15.0. The number of para-hydroxylation sites is 1. The first kappa shape index (κ1) is 17.3. The molecule has 0 aliphatic rings. The smallest absolute Gasteiger partial charge is 0.196 e. The third-order valence-electron chi connectivity index (χ3n) is 4.11. The molecule has 2 aromatic heterocycles. The first-order valence-electron chi connectivity index (χ1n) is 8.56. The summed E-state index contributed by atoms with van der Waals surface area (Å²) in [6.45, 7) is 4.34. The van der Waals surface area contributed by atoms with Crippen molar-refractivity contribution in [3.8, 4) is 11.4 Å². The molecule has 2 aromatic carbocycles. The van der Waals surface area contributed by atoms with Gasteiger partial charge in [0.15, 0.2) is 5.82 Å². The van der Waals surface area contributed by atoms with E-state index in [1.165, 1.54) is 17.3 Å². The van der Waals surface area contributed by atoms with Gasteiger partial charge in [0, 0.05) is 0 Å². The summed E-state index contributed by atoms with van der Waals surface area (Å²) in [5.41, 5.74) is 3.12. The molecule has 0 N–H and O–H groups in total. The number of hydrogen-bond donors (Lipinski definition) is 0. The normalized spacial score (nSPS) is 11.2. The second-order valence-electron chi connectivity index (χ2n) is 6.25. The van der Waals surface area contributed by atoms with Gasteiger partial charge in [0.1, 0.15) is 0 Å². The van der Waals surface area contributed by atoms with Gasteiger partial charge < -0.3 is 0 Å².